The molecule has 2 N–H and O–H groups in total. The zero-order valence-electron chi connectivity index (χ0n) is 13.0. The number of hydrogen-bond donors (Lipinski definition) is 2. The fraction of sp³-hybridized carbons (Fsp3) is 0.111. The zero-order chi connectivity index (χ0) is 16.9. The maximum absolute atomic E-state index is 12.4. The van der Waals surface area contributed by atoms with Crippen LogP contribution in [0.5, 0.6) is 0 Å². The van der Waals surface area contributed by atoms with Crippen molar-refractivity contribution < 1.29 is 4.79 Å². The second-order valence-corrected chi connectivity index (χ2v) is 6.67. The molecule has 3 aromatic rings. The largest absolute Gasteiger partial charge is 0.357 e. The van der Waals surface area contributed by atoms with Gasteiger partial charge in [0.25, 0.3) is 5.91 Å². The van der Waals surface area contributed by atoms with Crippen molar-refractivity contribution in [1.82, 2.24) is 4.98 Å². The van der Waals surface area contributed by atoms with Gasteiger partial charge in [0.15, 0.2) is 5.13 Å². The second-order valence-electron chi connectivity index (χ2n) is 5.23. The molecule has 1 aromatic heterocycles. The molecule has 6 heteroatoms. The number of thiazole rings is 1. The first-order valence-electron chi connectivity index (χ1n) is 7.44. The van der Waals surface area contributed by atoms with E-state index in [0.29, 0.717) is 27.8 Å². The predicted octanol–water partition coefficient (Wildman–Crippen LogP) is 4.97. The van der Waals surface area contributed by atoms with Gasteiger partial charge >= 0.3 is 0 Å². The smallest absolute Gasteiger partial charge is 0.267 e. The van der Waals surface area contributed by atoms with E-state index in [2.05, 4.69) is 15.6 Å². The van der Waals surface area contributed by atoms with Crippen molar-refractivity contribution >= 4 is 39.7 Å². The van der Waals surface area contributed by atoms with E-state index in [0.717, 1.165) is 10.7 Å². The van der Waals surface area contributed by atoms with Crippen LogP contribution in [0.1, 0.15) is 20.9 Å². The molecule has 0 aliphatic rings. The topological polar surface area (TPSA) is 54.0 Å². The molecule has 0 aliphatic carbocycles. The number of amides is 1. The van der Waals surface area contributed by atoms with Crippen LogP contribution in [0, 0.1) is 6.92 Å². The predicted molar refractivity (Wildman–Crippen MR) is 100 cm³/mol. The summed E-state index contributed by atoms with van der Waals surface area (Å²) < 4.78 is 0. The van der Waals surface area contributed by atoms with Crippen LogP contribution in [-0.2, 0) is 6.54 Å². The molecular formula is C18H16ClN3OS. The summed E-state index contributed by atoms with van der Waals surface area (Å²) in [4.78, 5) is 17.4. The van der Waals surface area contributed by atoms with Gasteiger partial charge in [-0.1, -0.05) is 53.3 Å². The van der Waals surface area contributed by atoms with Gasteiger partial charge in [0.2, 0.25) is 0 Å². The van der Waals surface area contributed by atoms with Crippen molar-refractivity contribution in [3.05, 3.63) is 75.8 Å². The van der Waals surface area contributed by atoms with E-state index in [1.54, 1.807) is 24.3 Å². The van der Waals surface area contributed by atoms with Crippen molar-refractivity contribution in [2.24, 2.45) is 0 Å². The van der Waals surface area contributed by atoms with Gasteiger partial charge in [-0.05, 0) is 36.8 Å². The van der Waals surface area contributed by atoms with Gasteiger partial charge in [-0.3, -0.25) is 4.79 Å². The van der Waals surface area contributed by atoms with Crippen molar-refractivity contribution in [3.63, 3.8) is 0 Å². The molecule has 0 spiro atoms. The minimum Gasteiger partial charge on any atom is -0.357 e. The minimum absolute atomic E-state index is 0.167. The number of carbonyl (C=O) groups excluding carboxylic acids is 1. The molecule has 24 heavy (non-hydrogen) atoms. The van der Waals surface area contributed by atoms with Gasteiger partial charge in [-0.2, -0.15) is 0 Å². The Morgan fingerprint density at radius 3 is 2.54 bits per heavy atom. The van der Waals surface area contributed by atoms with E-state index < -0.39 is 0 Å². The lowest BCUT2D eigenvalue weighted by atomic mass is 10.2. The Bertz CT molecular complexity index is 831. The molecule has 0 saturated carbocycles. The molecule has 0 unspecified atom stereocenters. The van der Waals surface area contributed by atoms with Crippen molar-refractivity contribution in [3.8, 4) is 0 Å². The van der Waals surface area contributed by atoms with Gasteiger partial charge in [0, 0.05) is 17.3 Å². The van der Waals surface area contributed by atoms with Crippen LogP contribution in [0.2, 0.25) is 5.02 Å². The highest BCUT2D eigenvalue weighted by Gasteiger charge is 2.15. The van der Waals surface area contributed by atoms with Crippen LogP contribution >= 0.6 is 22.9 Å². The molecule has 122 valence electrons. The molecular weight excluding hydrogens is 342 g/mol. The lowest BCUT2D eigenvalue weighted by molar-refractivity contribution is 0.103. The normalized spacial score (nSPS) is 10.4. The van der Waals surface area contributed by atoms with Gasteiger partial charge in [-0.25, -0.2) is 4.98 Å². The molecule has 3 rings (SSSR count). The number of aromatic nitrogens is 1. The molecule has 2 aromatic carbocycles. The number of benzene rings is 2. The third kappa shape index (κ3) is 4.13. The molecule has 0 radical (unpaired) electrons. The highest BCUT2D eigenvalue weighted by molar-refractivity contribution is 7.17. The monoisotopic (exact) mass is 357 g/mol. The second kappa shape index (κ2) is 7.47. The number of nitrogens with zero attached hydrogens (tertiary/aromatic N) is 1. The highest BCUT2D eigenvalue weighted by atomic mass is 35.5. The summed E-state index contributed by atoms with van der Waals surface area (Å²) in [7, 11) is 0. The Balaban J connectivity index is 1.66. The average molecular weight is 358 g/mol. The van der Waals surface area contributed by atoms with Crippen LogP contribution < -0.4 is 10.6 Å². The maximum atomic E-state index is 12.4. The van der Waals surface area contributed by atoms with E-state index in [4.69, 9.17) is 11.6 Å². The standard InChI is InChI=1S/C18H16ClN3OS/c1-12-16(17(23)22-15-9-7-14(19)8-10-15)24-18(21-12)20-11-13-5-3-2-4-6-13/h2-10H,11H2,1H3,(H,20,21)(H,22,23). The molecule has 0 bridgehead atoms. The number of hydrogen-bond acceptors (Lipinski definition) is 4. The molecule has 0 aliphatic heterocycles. The van der Waals surface area contributed by atoms with Gasteiger partial charge in [-0.15, -0.1) is 0 Å². The SMILES string of the molecule is Cc1nc(NCc2ccccc2)sc1C(=O)Nc1ccc(Cl)cc1. The van der Waals surface area contributed by atoms with Crippen molar-refractivity contribution in [2.75, 3.05) is 10.6 Å². The van der Waals surface area contributed by atoms with Crippen LogP contribution in [-0.4, -0.2) is 10.9 Å². The molecule has 0 atom stereocenters. The third-order valence-corrected chi connectivity index (χ3v) is 4.76. The number of nitrogens with one attached hydrogen (secondary N) is 2. The minimum atomic E-state index is -0.167. The fourth-order valence-electron chi connectivity index (χ4n) is 2.18. The Kier molecular flexibility index (Phi) is 5.13. The highest BCUT2D eigenvalue weighted by Crippen LogP contribution is 2.24. The number of carbonyl (C=O) groups is 1. The van der Waals surface area contributed by atoms with Crippen LogP contribution in [0.15, 0.2) is 54.6 Å². The Labute approximate surface area is 149 Å². The molecule has 1 amide bonds. The lowest BCUT2D eigenvalue weighted by Crippen LogP contribution is -2.11. The fourth-order valence-corrected chi connectivity index (χ4v) is 3.16. The number of aryl methyl sites for hydroxylation is 1. The van der Waals surface area contributed by atoms with Crippen LogP contribution in [0.3, 0.4) is 0 Å². The molecule has 0 fully saturated rings. The first kappa shape index (κ1) is 16.5. The Morgan fingerprint density at radius 2 is 1.83 bits per heavy atom. The van der Waals surface area contributed by atoms with Crippen LogP contribution in [0.4, 0.5) is 10.8 Å². The summed E-state index contributed by atoms with van der Waals surface area (Å²) in [5, 5.41) is 7.48. The van der Waals surface area contributed by atoms with Gasteiger partial charge in [0.1, 0.15) is 4.88 Å². The lowest BCUT2D eigenvalue weighted by Gasteiger charge is -2.03. The summed E-state index contributed by atoms with van der Waals surface area (Å²) in [5.41, 5.74) is 2.58. The number of anilines is 2. The first-order chi connectivity index (χ1) is 11.6. The number of rotatable bonds is 5. The summed E-state index contributed by atoms with van der Waals surface area (Å²) in [6, 6.07) is 17.1. The zero-order valence-corrected chi connectivity index (χ0v) is 14.6. The molecule has 4 nitrogen and oxygen atoms in total. The molecule has 1 heterocycles. The summed E-state index contributed by atoms with van der Waals surface area (Å²) in [6.07, 6.45) is 0. The first-order valence-corrected chi connectivity index (χ1v) is 8.63. The van der Waals surface area contributed by atoms with E-state index in [-0.39, 0.29) is 5.91 Å². The van der Waals surface area contributed by atoms with Crippen LogP contribution in [0.25, 0.3) is 0 Å². The van der Waals surface area contributed by atoms with E-state index in [1.807, 2.05) is 37.3 Å². The molecule has 0 saturated heterocycles. The van der Waals surface area contributed by atoms with Gasteiger partial charge < -0.3 is 10.6 Å². The average Bonchev–Trinajstić information content (AvgIpc) is 2.97. The number of halogens is 1. The van der Waals surface area contributed by atoms with Crippen molar-refractivity contribution in [1.29, 1.82) is 0 Å². The Hall–Kier alpha value is -2.37. The Morgan fingerprint density at radius 1 is 1.12 bits per heavy atom. The van der Waals surface area contributed by atoms with Gasteiger partial charge in [0.05, 0.1) is 5.69 Å². The summed E-state index contributed by atoms with van der Waals surface area (Å²) in [5.74, 6) is -0.167. The van der Waals surface area contributed by atoms with E-state index in [1.165, 1.54) is 11.3 Å². The van der Waals surface area contributed by atoms with Crippen molar-refractivity contribution in [2.45, 2.75) is 13.5 Å². The maximum Gasteiger partial charge on any atom is 0.267 e. The summed E-state index contributed by atoms with van der Waals surface area (Å²) in [6.45, 7) is 2.51. The quantitative estimate of drug-likeness (QED) is 0.677. The van der Waals surface area contributed by atoms with E-state index in [9.17, 15) is 4.79 Å². The third-order valence-electron chi connectivity index (χ3n) is 3.39. The summed E-state index contributed by atoms with van der Waals surface area (Å²) >= 11 is 7.20. The van der Waals surface area contributed by atoms with E-state index >= 15 is 0 Å².